The quantitative estimate of drug-likeness (QED) is 0.694. The van der Waals surface area contributed by atoms with Crippen LogP contribution in [0.3, 0.4) is 0 Å². The number of rotatable bonds is 1. The Morgan fingerprint density at radius 1 is 1.13 bits per heavy atom. The van der Waals surface area contributed by atoms with Gasteiger partial charge in [0.1, 0.15) is 12.2 Å². The summed E-state index contributed by atoms with van der Waals surface area (Å²) in [5.74, 6) is 1.77. The molecule has 3 nitrogen and oxygen atoms in total. The van der Waals surface area contributed by atoms with E-state index in [1.54, 1.807) is 0 Å². The van der Waals surface area contributed by atoms with E-state index in [-0.39, 0.29) is 12.2 Å². The number of nitrogens with zero attached hydrogens (tertiary/aromatic N) is 1. The maximum Gasteiger partial charge on any atom is 0.161 e. The highest BCUT2D eigenvalue weighted by molar-refractivity contribution is 5.41. The molecule has 0 radical (unpaired) electrons. The normalized spacial score (nSPS) is 28.9. The van der Waals surface area contributed by atoms with Crippen molar-refractivity contribution in [2.75, 3.05) is 19.6 Å². The zero-order chi connectivity index (χ0) is 10.3. The molecule has 2 heterocycles. The van der Waals surface area contributed by atoms with Crippen LogP contribution < -0.4 is 9.47 Å². The van der Waals surface area contributed by atoms with E-state index in [0.29, 0.717) is 0 Å². The third kappa shape index (κ3) is 1.47. The third-order valence-electron chi connectivity index (χ3n) is 3.14. The summed E-state index contributed by atoms with van der Waals surface area (Å²) < 4.78 is 11.8. The van der Waals surface area contributed by atoms with Crippen LogP contribution in [0.1, 0.15) is 6.92 Å². The topological polar surface area (TPSA) is 21.7 Å². The maximum absolute atomic E-state index is 5.92. The molecule has 0 unspecified atom stereocenters. The van der Waals surface area contributed by atoms with Crippen LogP contribution in [0.25, 0.3) is 0 Å². The number of hydrogen-bond donors (Lipinski definition) is 0. The molecular formula is C12H15NO2. The lowest BCUT2D eigenvalue weighted by atomic mass is 10.2. The first-order chi connectivity index (χ1) is 7.36. The van der Waals surface area contributed by atoms with Crippen molar-refractivity contribution in [1.82, 2.24) is 4.90 Å². The fourth-order valence-electron chi connectivity index (χ4n) is 2.27. The molecule has 0 bridgehead atoms. The van der Waals surface area contributed by atoms with Gasteiger partial charge in [-0.3, -0.25) is 4.90 Å². The first kappa shape index (κ1) is 9.04. The summed E-state index contributed by atoms with van der Waals surface area (Å²) in [6.07, 6.45) is 0.416. The van der Waals surface area contributed by atoms with Crippen LogP contribution in [0, 0.1) is 0 Å². The van der Waals surface area contributed by atoms with E-state index in [4.69, 9.17) is 9.47 Å². The maximum atomic E-state index is 5.92. The van der Waals surface area contributed by atoms with E-state index in [1.807, 2.05) is 24.3 Å². The molecule has 1 aromatic carbocycles. The molecule has 0 N–H and O–H groups in total. The number of fused-ring (bicyclic) bond motifs is 2. The van der Waals surface area contributed by atoms with E-state index in [2.05, 4.69) is 11.8 Å². The van der Waals surface area contributed by atoms with Crippen molar-refractivity contribution in [2.45, 2.75) is 19.1 Å². The lowest BCUT2D eigenvalue weighted by molar-refractivity contribution is 0.0552. The van der Waals surface area contributed by atoms with Crippen molar-refractivity contribution in [1.29, 1.82) is 0 Å². The van der Waals surface area contributed by atoms with Crippen molar-refractivity contribution in [3.8, 4) is 11.5 Å². The summed E-state index contributed by atoms with van der Waals surface area (Å²) in [5.41, 5.74) is 0. The minimum Gasteiger partial charge on any atom is -0.481 e. The molecule has 1 saturated heterocycles. The highest BCUT2D eigenvalue weighted by Crippen LogP contribution is 2.35. The average Bonchev–Trinajstić information content (AvgIpc) is 2.67. The second-order valence-corrected chi connectivity index (χ2v) is 4.11. The van der Waals surface area contributed by atoms with Gasteiger partial charge in [0.05, 0.1) is 0 Å². The van der Waals surface area contributed by atoms with Crippen LogP contribution in [-0.2, 0) is 0 Å². The Balaban J connectivity index is 1.84. The van der Waals surface area contributed by atoms with Crippen LogP contribution >= 0.6 is 0 Å². The first-order valence-electron chi connectivity index (χ1n) is 5.51. The molecule has 1 aromatic rings. The summed E-state index contributed by atoms with van der Waals surface area (Å²) in [5, 5.41) is 0. The minimum atomic E-state index is 0.208. The van der Waals surface area contributed by atoms with Crippen molar-refractivity contribution in [2.24, 2.45) is 0 Å². The monoisotopic (exact) mass is 205 g/mol. The second-order valence-electron chi connectivity index (χ2n) is 4.11. The van der Waals surface area contributed by atoms with E-state index >= 15 is 0 Å². The highest BCUT2D eigenvalue weighted by atomic mass is 16.6. The summed E-state index contributed by atoms with van der Waals surface area (Å²) in [6, 6.07) is 7.91. The molecule has 80 valence electrons. The molecule has 2 aliphatic heterocycles. The second kappa shape index (κ2) is 3.42. The molecule has 3 heteroatoms. The molecule has 1 fully saturated rings. The molecule has 2 atom stereocenters. The van der Waals surface area contributed by atoms with Crippen LogP contribution in [-0.4, -0.2) is 36.7 Å². The van der Waals surface area contributed by atoms with Crippen molar-refractivity contribution < 1.29 is 9.47 Å². The van der Waals surface area contributed by atoms with Crippen molar-refractivity contribution >= 4 is 0 Å². The molecule has 0 amide bonds. The smallest absolute Gasteiger partial charge is 0.161 e. The number of ether oxygens (including phenoxy) is 2. The average molecular weight is 205 g/mol. The Labute approximate surface area is 89.6 Å². The molecule has 0 aliphatic carbocycles. The van der Waals surface area contributed by atoms with Gasteiger partial charge in [-0.1, -0.05) is 19.1 Å². The van der Waals surface area contributed by atoms with Gasteiger partial charge in [0.25, 0.3) is 0 Å². The van der Waals surface area contributed by atoms with Gasteiger partial charge in [-0.25, -0.2) is 0 Å². The van der Waals surface area contributed by atoms with Gasteiger partial charge >= 0.3 is 0 Å². The van der Waals surface area contributed by atoms with Gasteiger partial charge in [0, 0.05) is 13.1 Å². The first-order valence-corrected chi connectivity index (χ1v) is 5.51. The summed E-state index contributed by atoms with van der Waals surface area (Å²) in [4.78, 5) is 2.36. The van der Waals surface area contributed by atoms with Gasteiger partial charge in [-0.15, -0.1) is 0 Å². The molecule has 15 heavy (non-hydrogen) atoms. The van der Waals surface area contributed by atoms with Gasteiger partial charge in [-0.05, 0) is 18.7 Å². The molecular weight excluding hydrogens is 190 g/mol. The number of hydrogen-bond acceptors (Lipinski definition) is 3. The van der Waals surface area contributed by atoms with Crippen LogP contribution in [0.2, 0.25) is 0 Å². The SMILES string of the molecule is CCN1C[C@H]2Oc3ccccc3O[C@@H]2C1. The fourth-order valence-corrected chi connectivity index (χ4v) is 2.27. The molecule has 3 rings (SSSR count). The van der Waals surface area contributed by atoms with Gasteiger partial charge < -0.3 is 9.47 Å². The van der Waals surface area contributed by atoms with E-state index in [0.717, 1.165) is 31.1 Å². The van der Waals surface area contributed by atoms with E-state index < -0.39 is 0 Å². The Hall–Kier alpha value is -1.22. The Kier molecular flexibility index (Phi) is 2.06. The standard InChI is InChI=1S/C12H15NO2/c1-2-13-7-11-12(8-13)15-10-6-4-3-5-9(10)14-11/h3-6,11-12H,2,7-8H2,1H3/t11-,12-/m1/s1. The number of likely N-dealkylation sites (N-methyl/N-ethyl adjacent to an activating group) is 1. The minimum absolute atomic E-state index is 0.208. The number of likely N-dealkylation sites (tertiary alicyclic amines) is 1. The van der Waals surface area contributed by atoms with Crippen molar-refractivity contribution in [3.05, 3.63) is 24.3 Å². The molecule has 0 saturated carbocycles. The lowest BCUT2D eigenvalue weighted by Gasteiger charge is -2.28. The zero-order valence-electron chi connectivity index (χ0n) is 8.85. The van der Waals surface area contributed by atoms with E-state index in [9.17, 15) is 0 Å². The summed E-state index contributed by atoms with van der Waals surface area (Å²) in [7, 11) is 0. The molecule has 0 aromatic heterocycles. The molecule has 0 spiro atoms. The van der Waals surface area contributed by atoms with Gasteiger partial charge in [0.15, 0.2) is 11.5 Å². The predicted octanol–water partition coefficient (Wildman–Crippen LogP) is 1.53. The van der Waals surface area contributed by atoms with Crippen LogP contribution in [0.4, 0.5) is 0 Å². The zero-order valence-corrected chi connectivity index (χ0v) is 8.85. The van der Waals surface area contributed by atoms with Gasteiger partial charge in [0.2, 0.25) is 0 Å². The number of benzene rings is 1. The largest absolute Gasteiger partial charge is 0.481 e. The third-order valence-corrected chi connectivity index (χ3v) is 3.14. The molecule has 2 aliphatic rings. The summed E-state index contributed by atoms with van der Waals surface area (Å²) >= 11 is 0. The number of para-hydroxylation sites is 2. The Bertz CT molecular complexity index is 333. The lowest BCUT2D eigenvalue weighted by Crippen LogP contribution is -2.38. The van der Waals surface area contributed by atoms with Crippen LogP contribution in [0.5, 0.6) is 11.5 Å². The predicted molar refractivity (Wildman–Crippen MR) is 57.4 cm³/mol. The van der Waals surface area contributed by atoms with E-state index in [1.165, 1.54) is 0 Å². The van der Waals surface area contributed by atoms with Crippen LogP contribution in [0.15, 0.2) is 24.3 Å². The fraction of sp³-hybridized carbons (Fsp3) is 0.500. The van der Waals surface area contributed by atoms with Gasteiger partial charge in [-0.2, -0.15) is 0 Å². The summed E-state index contributed by atoms with van der Waals surface area (Å²) in [6.45, 7) is 5.20. The Morgan fingerprint density at radius 3 is 2.13 bits per heavy atom. The Morgan fingerprint density at radius 2 is 1.67 bits per heavy atom. The van der Waals surface area contributed by atoms with Crippen molar-refractivity contribution in [3.63, 3.8) is 0 Å². The highest BCUT2D eigenvalue weighted by Gasteiger charge is 2.39.